The van der Waals surface area contributed by atoms with Gasteiger partial charge in [0.2, 0.25) is 0 Å². The topological polar surface area (TPSA) is 63.6 Å². The Morgan fingerprint density at radius 1 is 1.28 bits per heavy atom. The van der Waals surface area contributed by atoms with Gasteiger partial charge >= 0.3 is 5.97 Å². The van der Waals surface area contributed by atoms with Crippen molar-refractivity contribution in [3.05, 3.63) is 28.8 Å². The van der Waals surface area contributed by atoms with Gasteiger partial charge in [-0.25, -0.2) is 0 Å². The average Bonchev–Trinajstić information content (AvgIpc) is 2.56. The lowest BCUT2D eigenvalue weighted by Gasteiger charge is -2.53. The number of hydrogen-bond acceptors (Lipinski definition) is 4. The number of methoxy groups -OCH3 is 1. The summed E-state index contributed by atoms with van der Waals surface area (Å²) in [5.41, 5.74) is 1.44. The number of phenolic OH excluding ortho intramolecular Hbond substituents is 1. The van der Waals surface area contributed by atoms with Crippen LogP contribution >= 0.6 is 0 Å². The predicted octanol–water partition coefficient (Wildman–Crippen LogP) is 4.34. The highest BCUT2D eigenvalue weighted by molar-refractivity contribution is 6.00. The molecule has 25 heavy (non-hydrogen) atoms. The van der Waals surface area contributed by atoms with E-state index < -0.39 is 5.41 Å². The number of aromatic hydroxyl groups is 1. The summed E-state index contributed by atoms with van der Waals surface area (Å²) in [6.07, 6.45) is 2.90. The molecule has 0 saturated heterocycles. The van der Waals surface area contributed by atoms with Gasteiger partial charge in [-0.1, -0.05) is 27.2 Å². The number of fused-ring (bicyclic) bond motifs is 3. The molecule has 136 valence electrons. The van der Waals surface area contributed by atoms with Crippen molar-refractivity contribution >= 4 is 11.8 Å². The van der Waals surface area contributed by atoms with E-state index in [1.807, 2.05) is 26.8 Å². The maximum absolute atomic E-state index is 12.9. The molecule has 0 bridgehead atoms. The molecule has 4 heteroatoms. The summed E-state index contributed by atoms with van der Waals surface area (Å²) >= 11 is 0. The van der Waals surface area contributed by atoms with Crippen LogP contribution in [0.15, 0.2) is 12.1 Å². The molecular formula is C21H28O4. The van der Waals surface area contributed by atoms with Gasteiger partial charge in [-0.15, -0.1) is 0 Å². The number of phenols is 1. The summed E-state index contributed by atoms with van der Waals surface area (Å²) in [4.78, 5) is 25.5. The third-order valence-electron chi connectivity index (χ3n) is 6.68. The Morgan fingerprint density at radius 3 is 2.56 bits per heavy atom. The van der Waals surface area contributed by atoms with Gasteiger partial charge in [0.25, 0.3) is 0 Å². The van der Waals surface area contributed by atoms with Crippen LogP contribution in [0, 0.1) is 11.3 Å². The Kier molecular flexibility index (Phi) is 4.21. The van der Waals surface area contributed by atoms with Crippen molar-refractivity contribution in [2.45, 2.75) is 64.7 Å². The Balaban J connectivity index is 2.19. The highest BCUT2D eigenvalue weighted by atomic mass is 16.5. The molecule has 4 nitrogen and oxygen atoms in total. The van der Waals surface area contributed by atoms with Crippen LogP contribution in [0.25, 0.3) is 0 Å². The number of benzene rings is 1. The first-order chi connectivity index (χ1) is 11.6. The van der Waals surface area contributed by atoms with Crippen LogP contribution in [0.3, 0.4) is 0 Å². The highest BCUT2D eigenvalue weighted by Gasteiger charge is 2.57. The van der Waals surface area contributed by atoms with E-state index in [4.69, 9.17) is 4.74 Å². The van der Waals surface area contributed by atoms with E-state index in [0.29, 0.717) is 6.42 Å². The molecule has 0 aromatic heterocycles. The molecule has 2 aliphatic rings. The van der Waals surface area contributed by atoms with E-state index in [0.717, 1.165) is 36.0 Å². The van der Waals surface area contributed by atoms with Crippen LogP contribution in [0.1, 0.15) is 80.8 Å². The number of hydrogen-bond donors (Lipinski definition) is 1. The Hall–Kier alpha value is -1.84. The molecule has 0 radical (unpaired) electrons. The predicted molar refractivity (Wildman–Crippen MR) is 96.0 cm³/mol. The zero-order valence-corrected chi connectivity index (χ0v) is 15.8. The largest absolute Gasteiger partial charge is 0.508 e. The summed E-state index contributed by atoms with van der Waals surface area (Å²) < 4.78 is 5.08. The maximum Gasteiger partial charge on any atom is 0.311 e. The second kappa shape index (κ2) is 5.86. The molecule has 1 N–H and O–H groups in total. The quantitative estimate of drug-likeness (QED) is 0.811. The standard InChI is InChI=1S/C21H28O4/c1-12(2)13-9-14-15(10-16(13)22)20(3)7-6-8-21(4,19(24)25-5)18(20)11-17(14)23/h9-10,12,18,22H,6-8,11H2,1-5H3/t18-,20-,21-/m1/s1. The minimum absolute atomic E-state index is 0.0661. The summed E-state index contributed by atoms with van der Waals surface area (Å²) in [5, 5.41) is 10.5. The van der Waals surface area contributed by atoms with Crippen LogP contribution < -0.4 is 0 Å². The van der Waals surface area contributed by atoms with Gasteiger partial charge in [-0.2, -0.15) is 0 Å². The highest BCUT2D eigenvalue weighted by Crippen LogP contribution is 2.58. The first-order valence-electron chi connectivity index (χ1n) is 9.14. The van der Waals surface area contributed by atoms with Crippen molar-refractivity contribution in [2.75, 3.05) is 7.11 Å². The molecule has 0 amide bonds. The third kappa shape index (κ3) is 2.49. The lowest BCUT2D eigenvalue weighted by Crippen LogP contribution is -2.53. The van der Waals surface area contributed by atoms with Gasteiger partial charge in [-0.3, -0.25) is 9.59 Å². The Labute approximate surface area is 149 Å². The van der Waals surface area contributed by atoms with Crippen LogP contribution in [0.4, 0.5) is 0 Å². The average molecular weight is 344 g/mol. The first kappa shape index (κ1) is 18.0. The van der Waals surface area contributed by atoms with E-state index >= 15 is 0 Å². The SMILES string of the molecule is COC(=O)[C@]1(C)CCC[C@]2(C)c3cc(O)c(C(C)C)cc3C(=O)C[C@@H]12. The van der Waals surface area contributed by atoms with Crippen LogP contribution in [-0.2, 0) is 14.9 Å². The molecule has 0 unspecified atom stereocenters. The van der Waals surface area contributed by atoms with Crippen LogP contribution in [0.5, 0.6) is 5.75 Å². The lowest BCUT2D eigenvalue weighted by molar-refractivity contribution is -0.160. The van der Waals surface area contributed by atoms with Crippen molar-refractivity contribution in [1.82, 2.24) is 0 Å². The molecule has 1 aromatic rings. The fourth-order valence-corrected chi connectivity index (χ4v) is 5.19. The van der Waals surface area contributed by atoms with Gasteiger partial charge in [0.15, 0.2) is 5.78 Å². The molecule has 0 aliphatic heterocycles. The summed E-state index contributed by atoms with van der Waals surface area (Å²) in [7, 11) is 1.42. The number of carbonyl (C=O) groups excluding carboxylic acids is 2. The van der Waals surface area contributed by atoms with Crippen LogP contribution in [0.2, 0.25) is 0 Å². The summed E-state index contributed by atoms with van der Waals surface area (Å²) in [6.45, 7) is 8.09. The van der Waals surface area contributed by atoms with Crippen molar-refractivity contribution in [3.8, 4) is 5.75 Å². The van der Waals surface area contributed by atoms with E-state index in [1.54, 1.807) is 6.07 Å². The van der Waals surface area contributed by atoms with Crippen molar-refractivity contribution < 1.29 is 19.4 Å². The summed E-state index contributed by atoms with van der Waals surface area (Å²) in [6, 6.07) is 3.64. The van der Waals surface area contributed by atoms with Gasteiger partial charge in [-0.05, 0) is 60.3 Å². The van der Waals surface area contributed by atoms with Gasteiger partial charge < -0.3 is 9.84 Å². The lowest BCUT2D eigenvalue weighted by atomic mass is 9.49. The first-order valence-corrected chi connectivity index (χ1v) is 9.14. The Morgan fingerprint density at radius 2 is 1.96 bits per heavy atom. The Bertz CT molecular complexity index is 736. The van der Waals surface area contributed by atoms with E-state index in [9.17, 15) is 14.7 Å². The monoisotopic (exact) mass is 344 g/mol. The molecule has 0 heterocycles. The molecule has 3 atom stereocenters. The zero-order valence-electron chi connectivity index (χ0n) is 15.8. The summed E-state index contributed by atoms with van der Waals surface area (Å²) in [5.74, 6) is 0.119. The van der Waals surface area contributed by atoms with Gasteiger partial charge in [0, 0.05) is 12.0 Å². The smallest absolute Gasteiger partial charge is 0.311 e. The molecule has 0 spiro atoms. The molecule has 1 fully saturated rings. The van der Waals surface area contributed by atoms with E-state index in [1.165, 1.54) is 7.11 Å². The number of ether oxygens (including phenoxy) is 1. The van der Waals surface area contributed by atoms with Crippen LogP contribution in [-0.4, -0.2) is 24.0 Å². The zero-order chi connectivity index (χ0) is 18.6. The second-order valence-corrected chi connectivity index (χ2v) is 8.47. The molecule has 1 aromatic carbocycles. The molecular weight excluding hydrogens is 316 g/mol. The van der Waals surface area contributed by atoms with E-state index in [-0.39, 0.29) is 34.8 Å². The normalized spacial score (nSPS) is 31.4. The van der Waals surface area contributed by atoms with Crippen molar-refractivity contribution in [1.29, 1.82) is 0 Å². The minimum atomic E-state index is -0.665. The number of Topliss-reactive ketones (excluding diaryl/α,β-unsaturated/α-hetero) is 1. The number of rotatable bonds is 2. The molecule has 2 aliphatic carbocycles. The molecule has 1 saturated carbocycles. The molecule has 3 rings (SSSR count). The van der Waals surface area contributed by atoms with Crippen molar-refractivity contribution in [2.24, 2.45) is 11.3 Å². The fourth-order valence-electron chi connectivity index (χ4n) is 5.19. The number of ketones is 1. The van der Waals surface area contributed by atoms with E-state index in [2.05, 4.69) is 6.92 Å². The fraction of sp³-hybridized carbons (Fsp3) is 0.619. The second-order valence-electron chi connectivity index (χ2n) is 8.47. The third-order valence-corrected chi connectivity index (χ3v) is 6.68. The van der Waals surface area contributed by atoms with Gasteiger partial charge in [0.05, 0.1) is 12.5 Å². The minimum Gasteiger partial charge on any atom is -0.508 e. The number of carbonyl (C=O) groups is 2. The number of esters is 1. The maximum atomic E-state index is 12.9. The van der Waals surface area contributed by atoms with Crippen molar-refractivity contribution in [3.63, 3.8) is 0 Å². The van der Waals surface area contributed by atoms with Gasteiger partial charge in [0.1, 0.15) is 5.75 Å².